The molecule has 4 unspecified atom stereocenters. The Morgan fingerprint density at radius 1 is 0.936 bits per heavy atom. The molecular weight excluding hydrogens is 601 g/mol. The predicted molar refractivity (Wildman–Crippen MR) is 192 cm³/mol. The molecule has 246 valence electrons. The molecule has 0 spiro atoms. The van der Waals surface area contributed by atoms with Crippen LogP contribution in [0.3, 0.4) is 0 Å². The molecule has 3 heterocycles. The van der Waals surface area contributed by atoms with Crippen molar-refractivity contribution in [1.29, 1.82) is 0 Å². The van der Waals surface area contributed by atoms with Gasteiger partial charge >= 0.3 is 0 Å². The third-order valence-corrected chi connectivity index (χ3v) is 11.5. The van der Waals surface area contributed by atoms with Crippen molar-refractivity contribution in [3.05, 3.63) is 83.3 Å². The van der Waals surface area contributed by atoms with E-state index in [0.717, 1.165) is 34.1 Å². The molecule has 47 heavy (non-hydrogen) atoms. The van der Waals surface area contributed by atoms with Gasteiger partial charge in [0.15, 0.2) is 0 Å². The molecule has 7 nitrogen and oxygen atoms in total. The van der Waals surface area contributed by atoms with Crippen LogP contribution in [0.2, 0.25) is 0 Å². The minimum absolute atomic E-state index is 0.235. The SMILES string of the molecule is Cc1cccc(C)c1-c1cc2nc(n1)NSc1cccc(c1)C1C(c3cncc(N(C)C4CCC4)n3)CCCC(CC(C)C)C1CO2. The van der Waals surface area contributed by atoms with Crippen LogP contribution >= 0.6 is 11.9 Å². The maximum absolute atomic E-state index is 6.82. The summed E-state index contributed by atoms with van der Waals surface area (Å²) in [5.41, 5.74) is 6.87. The normalized spacial score (nSPS) is 22.9. The molecule has 7 rings (SSSR count). The van der Waals surface area contributed by atoms with E-state index >= 15 is 0 Å². The third kappa shape index (κ3) is 6.85. The van der Waals surface area contributed by atoms with Crippen LogP contribution in [0.4, 0.5) is 11.8 Å². The highest BCUT2D eigenvalue weighted by Gasteiger charge is 2.41. The van der Waals surface area contributed by atoms with Crippen LogP contribution in [-0.2, 0) is 0 Å². The summed E-state index contributed by atoms with van der Waals surface area (Å²) in [5, 5.41) is 0. The average Bonchev–Trinajstić information content (AvgIpc) is 3.20. The summed E-state index contributed by atoms with van der Waals surface area (Å²) in [5.74, 6) is 4.07. The monoisotopic (exact) mass is 648 g/mol. The second-order valence-electron chi connectivity index (χ2n) is 14.4. The molecule has 2 aromatic heterocycles. The molecule has 3 aliphatic rings. The highest BCUT2D eigenvalue weighted by Crippen LogP contribution is 2.50. The molecule has 4 aromatic rings. The third-order valence-electron chi connectivity index (χ3n) is 10.7. The Morgan fingerprint density at radius 2 is 1.72 bits per heavy atom. The molecule has 0 saturated heterocycles. The number of nitrogens with zero attached hydrogens (tertiary/aromatic N) is 5. The lowest BCUT2D eigenvalue weighted by atomic mass is 9.70. The van der Waals surface area contributed by atoms with Crippen molar-refractivity contribution in [3.8, 4) is 17.1 Å². The van der Waals surface area contributed by atoms with Gasteiger partial charge in [-0.3, -0.25) is 9.71 Å². The van der Waals surface area contributed by atoms with E-state index in [9.17, 15) is 0 Å². The first-order chi connectivity index (χ1) is 22.8. The van der Waals surface area contributed by atoms with Crippen molar-refractivity contribution in [1.82, 2.24) is 19.9 Å². The van der Waals surface area contributed by atoms with Crippen molar-refractivity contribution in [2.75, 3.05) is 23.3 Å². The zero-order valence-electron chi connectivity index (χ0n) is 28.4. The van der Waals surface area contributed by atoms with Gasteiger partial charge in [0.05, 0.1) is 24.2 Å². The minimum atomic E-state index is 0.235. The molecule has 4 bridgehead atoms. The van der Waals surface area contributed by atoms with Crippen molar-refractivity contribution in [2.24, 2.45) is 17.8 Å². The molecule has 0 amide bonds. The van der Waals surface area contributed by atoms with Gasteiger partial charge in [0.25, 0.3) is 0 Å². The first-order valence-corrected chi connectivity index (χ1v) is 18.3. The number of ether oxygens (including phenoxy) is 1. The Morgan fingerprint density at radius 3 is 2.49 bits per heavy atom. The fraction of sp³-hybridized carbons (Fsp3) is 0.487. The topological polar surface area (TPSA) is 76.1 Å². The van der Waals surface area contributed by atoms with E-state index in [1.54, 1.807) is 11.9 Å². The zero-order chi connectivity index (χ0) is 32.5. The van der Waals surface area contributed by atoms with E-state index in [-0.39, 0.29) is 17.8 Å². The van der Waals surface area contributed by atoms with Crippen LogP contribution in [0, 0.1) is 31.6 Å². The molecule has 4 atom stereocenters. The Kier molecular flexibility index (Phi) is 9.40. The second-order valence-corrected chi connectivity index (χ2v) is 15.3. The fourth-order valence-corrected chi connectivity index (χ4v) is 8.82. The van der Waals surface area contributed by atoms with Gasteiger partial charge in [-0.25, -0.2) is 9.97 Å². The first kappa shape index (κ1) is 31.9. The molecule has 0 radical (unpaired) electrons. The molecule has 2 fully saturated rings. The van der Waals surface area contributed by atoms with Crippen LogP contribution in [-0.4, -0.2) is 39.6 Å². The maximum atomic E-state index is 6.82. The van der Waals surface area contributed by atoms with Crippen LogP contribution in [0.5, 0.6) is 5.88 Å². The number of hydrogen-bond acceptors (Lipinski definition) is 8. The van der Waals surface area contributed by atoms with Crippen molar-refractivity contribution >= 4 is 23.7 Å². The number of anilines is 2. The summed E-state index contributed by atoms with van der Waals surface area (Å²) in [6.07, 6.45) is 12.4. The Balaban J connectivity index is 1.32. The van der Waals surface area contributed by atoms with Crippen molar-refractivity contribution < 1.29 is 4.74 Å². The number of nitrogens with one attached hydrogen (secondary N) is 1. The van der Waals surface area contributed by atoms with Crippen LogP contribution < -0.4 is 14.4 Å². The summed E-state index contributed by atoms with van der Waals surface area (Å²) in [6.45, 7) is 9.59. The summed E-state index contributed by atoms with van der Waals surface area (Å²) in [4.78, 5) is 23.5. The van der Waals surface area contributed by atoms with Gasteiger partial charge < -0.3 is 9.64 Å². The highest BCUT2D eigenvalue weighted by molar-refractivity contribution is 8.00. The van der Waals surface area contributed by atoms with Gasteiger partial charge in [0.2, 0.25) is 11.8 Å². The van der Waals surface area contributed by atoms with Crippen molar-refractivity contribution in [3.63, 3.8) is 0 Å². The fourth-order valence-electron chi connectivity index (χ4n) is 8.18. The lowest BCUT2D eigenvalue weighted by Crippen LogP contribution is -2.38. The number of aromatic nitrogens is 4. The number of hydrogen-bond donors (Lipinski definition) is 1. The van der Waals surface area contributed by atoms with Gasteiger partial charge in [-0.2, -0.15) is 4.98 Å². The number of rotatable bonds is 6. The van der Waals surface area contributed by atoms with Gasteiger partial charge in [-0.05, 0) is 104 Å². The van der Waals surface area contributed by atoms with Crippen molar-refractivity contribution in [2.45, 2.75) is 95.4 Å². The lowest BCUT2D eigenvalue weighted by molar-refractivity contribution is 0.142. The predicted octanol–water partition coefficient (Wildman–Crippen LogP) is 9.38. The smallest absolute Gasteiger partial charge is 0.237 e. The summed E-state index contributed by atoms with van der Waals surface area (Å²) < 4.78 is 10.3. The molecular formula is C39H48N6OS. The minimum Gasteiger partial charge on any atom is -0.477 e. The number of fused-ring (bicyclic) bond motifs is 6. The average molecular weight is 649 g/mol. The second kappa shape index (κ2) is 13.8. The summed E-state index contributed by atoms with van der Waals surface area (Å²) in [7, 11) is 2.19. The van der Waals surface area contributed by atoms with E-state index in [0.29, 0.717) is 36.3 Å². The van der Waals surface area contributed by atoms with Gasteiger partial charge in [0.1, 0.15) is 5.82 Å². The van der Waals surface area contributed by atoms with E-state index in [4.69, 9.17) is 24.7 Å². The Hall–Kier alpha value is -3.65. The van der Waals surface area contributed by atoms with Gasteiger partial charge in [-0.15, -0.1) is 0 Å². The van der Waals surface area contributed by atoms with E-state index in [1.165, 1.54) is 55.2 Å². The Labute approximate surface area is 284 Å². The quantitative estimate of drug-likeness (QED) is 0.207. The van der Waals surface area contributed by atoms with Crippen LogP contribution in [0.1, 0.15) is 93.0 Å². The van der Waals surface area contributed by atoms with Gasteiger partial charge in [-0.1, -0.05) is 57.0 Å². The maximum Gasteiger partial charge on any atom is 0.237 e. The number of benzene rings is 2. The molecule has 2 aromatic carbocycles. The molecule has 1 aliphatic heterocycles. The lowest BCUT2D eigenvalue weighted by Gasteiger charge is -2.37. The largest absolute Gasteiger partial charge is 0.477 e. The molecule has 2 saturated carbocycles. The Bertz CT molecular complexity index is 1690. The molecule has 2 aliphatic carbocycles. The van der Waals surface area contributed by atoms with E-state index in [1.807, 2.05) is 18.5 Å². The number of aryl methyl sites for hydroxylation is 2. The van der Waals surface area contributed by atoms with Crippen LogP contribution in [0.15, 0.2) is 65.8 Å². The first-order valence-electron chi connectivity index (χ1n) is 17.5. The summed E-state index contributed by atoms with van der Waals surface area (Å²) >= 11 is 1.56. The molecule has 1 N–H and O–H groups in total. The van der Waals surface area contributed by atoms with E-state index < -0.39 is 0 Å². The molecule has 8 heteroatoms. The summed E-state index contributed by atoms with van der Waals surface area (Å²) in [6, 6.07) is 18.1. The van der Waals surface area contributed by atoms with Gasteiger partial charge in [0, 0.05) is 47.6 Å². The van der Waals surface area contributed by atoms with Crippen LogP contribution in [0.25, 0.3) is 11.3 Å². The standard InChI is InChI=1S/C39H48N6OS/c1-24(2)18-27-12-8-17-31(34-21-40-22-35(41-34)45(5)29-14-9-15-29)38-28-13-7-16-30(19-28)47-44-39-42-33(20-36(43-39)46-23-32(27)38)37-25(3)10-6-11-26(37)4/h6-7,10-11,13,16,19-22,24,27,29,31-32,38H,8-9,12,14-15,17-18,23H2,1-5H3,(H,42,43,44). The van der Waals surface area contributed by atoms with E-state index in [2.05, 4.69) is 86.8 Å². The highest BCUT2D eigenvalue weighted by atomic mass is 32.2. The zero-order valence-corrected chi connectivity index (χ0v) is 29.3.